The van der Waals surface area contributed by atoms with E-state index >= 15 is 0 Å². The molecule has 1 saturated carbocycles. The van der Waals surface area contributed by atoms with Crippen LogP contribution < -0.4 is 10.6 Å². The highest BCUT2D eigenvalue weighted by Gasteiger charge is 2.36. The lowest BCUT2D eigenvalue weighted by Gasteiger charge is -2.41. The zero-order valence-corrected chi connectivity index (χ0v) is 18.5. The number of ether oxygens (including phenoxy) is 1. The molecule has 0 unspecified atom stereocenters. The smallest absolute Gasteiger partial charge is 0.191 e. The van der Waals surface area contributed by atoms with Gasteiger partial charge < -0.3 is 20.3 Å². The van der Waals surface area contributed by atoms with E-state index in [1.54, 1.807) is 0 Å². The van der Waals surface area contributed by atoms with Gasteiger partial charge in [-0.3, -0.25) is 4.99 Å². The van der Waals surface area contributed by atoms with Crippen LogP contribution in [0.15, 0.2) is 29.3 Å². The van der Waals surface area contributed by atoms with Crippen molar-refractivity contribution in [1.29, 1.82) is 0 Å². The van der Waals surface area contributed by atoms with E-state index in [-0.39, 0.29) is 29.8 Å². The number of hydrogen-bond acceptors (Lipinski definition) is 3. The van der Waals surface area contributed by atoms with Crippen molar-refractivity contribution in [2.75, 3.05) is 50.8 Å². The lowest BCUT2D eigenvalue weighted by molar-refractivity contribution is 0.0608. The molecule has 0 radical (unpaired) electrons. The van der Waals surface area contributed by atoms with Crippen molar-refractivity contribution in [2.45, 2.75) is 32.6 Å². The summed E-state index contributed by atoms with van der Waals surface area (Å²) < 4.78 is 18.6. The summed E-state index contributed by atoms with van der Waals surface area (Å²) in [5.74, 6) is 0.462. The van der Waals surface area contributed by atoms with Gasteiger partial charge >= 0.3 is 0 Å². The molecule has 0 amide bonds. The molecule has 27 heavy (non-hydrogen) atoms. The van der Waals surface area contributed by atoms with Crippen molar-refractivity contribution in [1.82, 2.24) is 4.90 Å². The summed E-state index contributed by atoms with van der Waals surface area (Å²) in [5.41, 5.74) is 7.63. The minimum Gasteiger partial charge on any atom is -0.382 e. The number of hydrogen-bond donors (Lipinski definition) is 1. The van der Waals surface area contributed by atoms with Crippen LogP contribution in [0.2, 0.25) is 0 Å². The van der Waals surface area contributed by atoms with Gasteiger partial charge in [-0.1, -0.05) is 6.42 Å². The average Bonchev–Trinajstić information content (AvgIpc) is 2.64. The Kier molecular flexibility index (Phi) is 8.60. The zero-order valence-electron chi connectivity index (χ0n) is 16.2. The SMILES string of the molecule is CCOCCC1(CN=C(N)N2CCN(c3ccc(F)cc3)CC2)CCC1.I. The van der Waals surface area contributed by atoms with E-state index in [0.717, 1.165) is 58.0 Å². The summed E-state index contributed by atoms with van der Waals surface area (Å²) in [5, 5.41) is 0. The number of piperazine rings is 1. The Labute approximate surface area is 179 Å². The Morgan fingerprint density at radius 1 is 1.19 bits per heavy atom. The monoisotopic (exact) mass is 490 g/mol. The highest BCUT2D eigenvalue weighted by Crippen LogP contribution is 2.44. The number of benzene rings is 1. The summed E-state index contributed by atoms with van der Waals surface area (Å²) in [6.45, 7) is 7.88. The summed E-state index contributed by atoms with van der Waals surface area (Å²) >= 11 is 0. The second-order valence-corrected chi connectivity index (χ2v) is 7.43. The fourth-order valence-electron chi connectivity index (χ4n) is 3.79. The Morgan fingerprint density at radius 3 is 2.41 bits per heavy atom. The predicted molar refractivity (Wildman–Crippen MR) is 119 cm³/mol. The summed E-state index contributed by atoms with van der Waals surface area (Å²) in [6, 6.07) is 6.69. The van der Waals surface area contributed by atoms with Gasteiger partial charge in [0.15, 0.2) is 5.96 Å². The first-order chi connectivity index (χ1) is 12.6. The van der Waals surface area contributed by atoms with Gasteiger partial charge in [0.25, 0.3) is 0 Å². The van der Waals surface area contributed by atoms with E-state index in [1.807, 2.05) is 19.1 Å². The van der Waals surface area contributed by atoms with Crippen LogP contribution in [-0.2, 0) is 4.74 Å². The minimum absolute atomic E-state index is 0. The second kappa shape index (κ2) is 10.5. The van der Waals surface area contributed by atoms with Gasteiger partial charge in [0.05, 0.1) is 0 Å². The summed E-state index contributed by atoms with van der Waals surface area (Å²) in [4.78, 5) is 9.15. The van der Waals surface area contributed by atoms with E-state index in [4.69, 9.17) is 15.5 Å². The van der Waals surface area contributed by atoms with E-state index in [2.05, 4.69) is 9.80 Å². The summed E-state index contributed by atoms with van der Waals surface area (Å²) in [6.07, 6.45) is 4.83. The van der Waals surface area contributed by atoms with Crippen molar-refractivity contribution in [3.8, 4) is 0 Å². The molecular formula is C20H32FIN4O. The first-order valence-electron chi connectivity index (χ1n) is 9.75. The largest absolute Gasteiger partial charge is 0.382 e. The van der Waals surface area contributed by atoms with E-state index in [0.29, 0.717) is 11.4 Å². The summed E-state index contributed by atoms with van der Waals surface area (Å²) in [7, 11) is 0. The first kappa shape index (κ1) is 22.2. The van der Waals surface area contributed by atoms with Crippen LogP contribution in [0, 0.1) is 11.2 Å². The molecule has 0 spiro atoms. The maximum atomic E-state index is 13.1. The van der Waals surface area contributed by atoms with Crippen LogP contribution in [0.3, 0.4) is 0 Å². The third-order valence-corrected chi connectivity index (χ3v) is 5.77. The maximum Gasteiger partial charge on any atom is 0.191 e. The molecule has 0 bridgehead atoms. The molecule has 152 valence electrons. The molecule has 2 N–H and O–H groups in total. The number of aliphatic imine (C=N–C) groups is 1. The third kappa shape index (κ3) is 5.94. The highest BCUT2D eigenvalue weighted by atomic mass is 127. The first-order valence-corrected chi connectivity index (χ1v) is 9.75. The molecule has 1 aromatic carbocycles. The maximum absolute atomic E-state index is 13.1. The molecule has 2 fully saturated rings. The Morgan fingerprint density at radius 2 is 1.85 bits per heavy atom. The van der Waals surface area contributed by atoms with Crippen molar-refractivity contribution in [3.63, 3.8) is 0 Å². The van der Waals surface area contributed by atoms with Gasteiger partial charge in [-0.25, -0.2) is 4.39 Å². The van der Waals surface area contributed by atoms with Gasteiger partial charge in [0.2, 0.25) is 0 Å². The van der Waals surface area contributed by atoms with Gasteiger partial charge in [0, 0.05) is 51.6 Å². The van der Waals surface area contributed by atoms with Crippen molar-refractivity contribution >= 4 is 35.6 Å². The lowest BCUT2D eigenvalue weighted by Crippen LogP contribution is -2.51. The van der Waals surface area contributed by atoms with Crippen LogP contribution in [0.1, 0.15) is 32.6 Å². The fourth-order valence-corrected chi connectivity index (χ4v) is 3.79. The van der Waals surface area contributed by atoms with Gasteiger partial charge in [-0.05, 0) is 55.9 Å². The van der Waals surface area contributed by atoms with Gasteiger partial charge in [-0.15, -0.1) is 24.0 Å². The fraction of sp³-hybridized carbons (Fsp3) is 0.650. The molecule has 0 atom stereocenters. The van der Waals surface area contributed by atoms with Crippen LogP contribution in [0.4, 0.5) is 10.1 Å². The molecule has 3 rings (SSSR count). The predicted octanol–water partition coefficient (Wildman–Crippen LogP) is 3.48. The number of guanidine groups is 1. The lowest BCUT2D eigenvalue weighted by atomic mass is 9.67. The van der Waals surface area contributed by atoms with Crippen LogP contribution in [0.5, 0.6) is 0 Å². The zero-order chi connectivity index (χ0) is 18.4. The van der Waals surface area contributed by atoms with Gasteiger partial charge in [-0.2, -0.15) is 0 Å². The third-order valence-electron chi connectivity index (χ3n) is 5.77. The second-order valence-electron chi connectivity index (χ2n) is 7.43. The number of rotatable bonds is 7. The number of anilines is 1. The van der Waals surface area contributed by atoms with Crippen LogP contribution >= 0.6 is 24.0 Å². The van der Waals surface area contributed by atoms with E-state index in [9.17, 15) is 4.39 Å². The Balaban J connectivity index is 0.00000261. The number of nitrogens with zero attached hydrogens (tertiary/aromatic N) is 3. The van der Waals surface area contributed by atoms with Gasteiger partial charge in [0.1, 0.15) is 5.82 Å². The minimum atomic E-state index is -0.196. The molecule has 1 heterocycles. The van der Waals surface area contributed by atoms with Crippen LogP contribution in [0.25, 0.3) is 0 Å². The standard InChI is InChI=1S/C20H31FN4O.HI/c1-2-26-15-10-20(8-3-9-20)16-23-19(22)25-13-11-24(12-14-25)18-6-4-17(21)5-7-18;/h4-7H,2-3,8-16H2,1H3,(H2,22,23);1H. The molecular weight excluding hydrogens is 458 g/mol. The number of halogens is 2. The highest BCUT2D eigenvalue weighted by molar-refractivity contribution is 14.0. The van der Waals surface area contributed by atoms with Crippen molar-refractivity contribution < 1.29 is 9.13 Å². The Hall–Kier alpha value is -1.09. The quantitative estimate of drug-likeness (QED) is 0.275. The molecule has 7 heteroatoms. The molecule has 0 aromatic heterocycles. The van der Waals surface area contributed by atoms with E-state index in [1.165, 1.54) is 31.4 Å². The Bertz CT molecular complexity index is 599. The molecule has 1 saturated heterocycles. The number of nitrogens with two attached hydrogens (primary N) is 1. The van der Waals surface area contributed by atoms with Crippen LogP contribution in [-0.4, -0.2) is 56.8 Å². The molecule has 1 aliphatic carbocycles. The average molecular weight is 490 g/mol. The molecule has 1 aliphatic heterocycles. The molecule has 5 nitrogen and oxygen atoms in total. The molecule has 2 aliphatic rings. The normalized spacial score (nSPS) is 19.4. The molecule has 1 aromatic rings. The van der Waals surface area contributed by atoms with Crippen molar-refractivity contribution in [3.05, 3.63) is 30.1 Å². The van der Waals surface area contributed by atoms with Crippen molar-refractivity contribution in [2.24, 2.45) is 16.1 Å². The topological polar surface area (TPSA) is 54.1 Å². The van der Waals surface area contributed by atoms with E-state index < -0.39 is 0 Å².